The molecule has 2 aromatic carbocycles. The number of anilines is 1. The van der Waals surface area contributed by atoms with Crippen LogP contribution in [-0.2, 0) is 0 Å². The number of benzene rings is 2. The molecule has 4 heteroatoms. The highest BCUT2D eigenvalue weighted by molar-refractivity contribution is 5.60. The van der Waals surface area contributed by atoms with Crippen LogP contribution < -0.4 is 19.5 Å². The van der Waals surface area contributed by atoms with Gasteiger partial charge in [-0.2, -0.15) is 0 Å². The number of fused-ring (bicyclic) bond motifs is 1. The van der Waals surface area contributed by atoms with Crippen molar-refractivity contribution < 1.29 is 14.2 Å². The van der Waals surface area contributed by atoms with Gasteiger partial charge < -0.3 is 19.5 Å². The van der Waals surface area contributed by atoms with E-state index in [-0.39, 0.29) is 6.04 Å². The second-order valence-electron chi connectivity index (χ2n) is 4.94. The molecule has 0 amide bonds. The van der Waals surface area contributed by atoms with Gasteiger partial charge in [0.2, 0.25) is 0 Å². The molecule has 21 heavy (non-hydrogen) atoms. The largest absolute Gasteiger partial charge is 0.497 e. The van der Waals surface area contributed by atoms with Gasteiger partial charge in [-0.25, -0.2) is 0 Å². The van der Waals surface area contributed by atoms with Gasteiger partial charge in [-0.15, -0.1) is 0 Å². The van der Waals surface area contributed by atoms with Gasteiger partial charge in [0.05, 0.1) is 32.6 Å². The number of ether oxygens (including phenoxy) is 3. The Labute approximate surface area is 124 Å². The van der Waals surface area contributed by atoms with E-state index in [1.165, 1.54) is 5.56 Å². The number of methoxy groups -OCH3 is 2. The van der Waals surface area contributed by atoms with Crippen LogP contribution in [0, 0.1) is 0 Å². The molecule has 1 aliphatic heterocycles. The highest BCUT2D eigenvalue weighted by Gasteiger charge is 2.21. The van der Waals surface area contributed by atoms with Crippen LogP contribution in [0.15, 0.2) is 42.5 Å². The summed E-state index contributed by atoms with van der Waals surface area (Å²) in [5.74, 6) is 2.51. The Bertz CT molecular complexity index is 627. The fourth-order valence-electron chi connectivity index (χ4n) is 2.60. The van der Waals surface area contributed by atoms with Crippen LogP contribution in [0.1, 0.15) is 18.0 Å². The highest BCUT2D eigenvalue weighted by Crippen LogP contribution is 2.37. The summed E-state index contributed by atoms with van der Waals surface area (Å²) in [7, 11) is 3.31. The average Bonchev–Trinajstić information content (AvgIpc) is 2.55. The molecule has 0 bridgehead atoms. The van der Waals surface area contributed by atoms with E-state index in [4.69, 9.17) is 14.2 Å². The first-order chi connectivity index (χ1) is 10.3. The van der Waals surface area contributed by atoms with Crippen LogP contribution in [-0.4, -0.2) is 20.8 Å². The number of para-hydroxylation sites is 1. The van der Waals surface area contributed by atoms with Gasteiger partial charge in [0.1, 0.15) is 17.2 Å². The van der Waals surface area contributed by atoms with E-state index < -0.39 is 0 Å². The lowest BCUT2D eigenvalue weighted by molar-refractivity contribution is 0.274. The van der Waals surface area contributed by atoms with Crippen LogP contribution in [0.25, 0.3) is 0 Å². The van der Waals surface area contributed by atoms with Crippen molar-refractivity contribution in [3.63, 3.8) is 0 Å². The maximum absolute atomic E-state index is 5.69. The van der Waals surface area contributed by atoms with Gasteiger partial charge in [0.15, 0.2) is 0 Å². The molecule has 0 saturated heterocycles. The number of hydrogen-bond acceptors (Lipinski definition) is 4. The van der Waals surface area contributed by atoms with Crippen molar-refractivity contribution in [1.82, 2.24) is 0 Å². The van der Waals surface area contributed by atoms with E-state index >= 15 is 0 Å². The fraction of sp³-hybridized carbons (Fsp3) is 0.294. The van der Waals surface area contributed by atoms with Gasteiger partial charge in [0, 0.05) is 18.1 Å². The maximum Gasteiger partial charge on any atom is 0.145 e. The molecule has 0 radical (unpaired) electrons. The minimum atomic E-state index is 0.220. The Balaban J connectivity index is 1.88. The molecule has 3 rings (SSSR count). The standard InChI is InChI=1S/C17H19NO3/c1-19-12-7-8-15(17(11-12)20-2)18-14-9-10-21-16-6-4-3-5-13(14)16/h3-8,11,14,18H,9-10H2,1-2H3. The molecule has 4 nitrogen and oxygen atoms in total. The van der Waals surface area contributed by atoms with E-state index in [1.807, 2.05) is 36.4 Å². The lowest BCUT2D eigenvalue weighted by Gasteiger charge is -2.28. The van der Waals surface area contributed by atoms with Crippen molar-refractivity contribution in [2.75, 3.05) is 26.1 Å². The summed E-state index contributed by atoms with van der Waals surface area (Å²) in [6.07, 6.45) is 0.923. The second kappa shape index (κ2) is 5.95. The average molecular weight is 285 g/mol. The molecule has 1 heterocycles. The minimum Gasteiger partial charge on any atom is -0.497 e. The van der Waals surface area contributed by atoms with Crippen molar-refractivity contribution in [2.24, 2.45) is 0 Å². The third-order valence-corrected chi connectivity index (χ3v) is 3.70. The summed E-state index contributed by atoms with van der Waals surface area (Å²) in [6.45, 7) is 0.715. The molecule has 110 valence electrons. The van der Waals surface area contributed by atoms with E-state index in [0.29, 0.717) is 6.61 Å². The first-order valence-corrected chi connectivity index (χ1v) is 7.02. The predicted molar refractivity (Wildman–Crippen MR) is 82.5 cm³/mol. The third-order valence-electron chi connectivity index (χ3n) is 3.70. The smallest absolute Gasteiger partial charge is 0.145 e. The summed E-state index contributed by atoms with van der Waals surface area (Å²) in [4.78, 5) is 0. The van der Waals surface area contributed by atoms with E-state index in [1.54, 1.807) is 14.2 Å². The van der Waals surface area contributed by atoms with Gasteiger partial charge in [-0.1, -0.05) is 18.2 Å². The lowest BCUT2D eigenvalue weighted by atomic mass is 10.00. The third kappa shape index (κ3) is 2.75. The Morgan fingerprint density at radius 2 is 1.95 bits per heavy atom. The lowest BCUT2D eigenvalue weighted by Crippen LogP contribution is -2.20. The SMILES string of the molecule is COc1ccc(NC2CCOc3ccccc32)c(OC)c1. The van der Waals surface area contributed by atoms with Crippen LogP contribution in [0.2, 0.25) is 0 Å². The molecule has 1 unspecified atom stereocenters. The van der Waals surface area contributed by atoms with Crippen molar-refractivity contribution in [3.8, 4) is 17.2 Å². The number of hydrogen-bond donors (Lipinski definition) is 1. The van der Waals surface area contributed by atoms with Crippen molar-refractivity contribution in [2.45, 2.75) is 12.5 Å². The first kappa shape index (κ1) is 13.6. The molecule has 0 aliphatic carbocycles. The van der Waals surface area contributed by atoms with Crippen molar-refractivity contribution >= 4 is 5.69 Å². The summed E-state index contributed by atoms with van der Waals surface area (Å²) < 4.78 is 16.4. The first-order valence-electron chi connectivity index (χ1n) is 7.02. The number of nitrogens with one attached hydrogen (secondary N) is 1. The molecule has 0 spiro atoms. The molecule has 0 aromatic heterocycles. The molecule has 1 atom stereocenters. The Kier molecular flexibility index (Phi) is 3.86. The van der Waals surface area contributed by atoms with Gasteiger partial charge in [0.25, 0.3) is 0 Å². The summed E-state index contributed by atoms with van der Waals surface area (Å²) in [5.41, 5.74) is 2.14. The topological polar surface area (TPSA) is 39.7 Å². The number of rotatable bonds is 4. The van der Waals surface area contributed by atoms with E-state index in [0.717, 1.165) is 29.4 Å². The quantitative estimate of drug-likeness (QED) is 0.931. The van der Waals surface area contributed by atoms with Crippen molar-refractivity contribution in [1.29, 1.82) is 0 Å². The summed E-state index contributed by atoms with van der Waals surface area (Å²) in [6, 6.07) is 14.1. The predicted octanol–water partition coefficient (Wildman–Crippen LogP) is 3.64. The molecular weight excluding hydrogens is 266 g/mol. The normalized spacial score (nSPS) is 16.6. The monoisotopic (exact) mass is 285 g/mol. The molecule has 0 saturated carbocycles. The zero-order valence-corrected chi connectivity index (χ0v) is 12.3. The molecule has 1 N–H and O–H groups in total. The van der Waals surface area contributed by atoms with Crippen LogP contribution in [0.3, 0.4) is 0 Å². The van der Waals surface area contributed by atoms with Gasteiger partial charge >= 0.3 is 0 Å². The Morgan fingerprint density at radius 3 is 2.76 bits per heavy atom. The molecule has 2 aromatic rings. The van der Waals surface area contributed by atoms with E-state index in [9.17, 15) is 0 Å². The van der Waals surface area contributed by atoms with Crippen LogP contribution in [0.5, 0.6) is 17.2 Å². The summed E-state index contributed by atoms with van der Waals surface area (Å²) >= 11 is 0. The summed E-state index contributed by atoms with van der Waals surface area (Å²) in [5, 5.41) is 3.55. The van der Waals surface area contributed by atoms with Gasteiger partial charge in [-0.3, -0.25) is 0 Å². The van der Waals surface area contributed by atoms with Crippen LogP contribution >= 0.6 is 0 Å². The second-order valence-corrected chi connectivity index (χ2v) is 4.94. The zero-order chi connectivity index (χ0) is 14.7. The minimum absolute atomic E-state index is 0.220. The van der Waals surface area contributed by atoms with Crippen LogP contribution in [0.4, 0.5) is 5.69 Å². The van der Waals surface area contributed by atoms with Gasteiger partial charge in [-0.05, 0) is 18.2 Å². The molecule has 0 fully saturated rings. The zero-order valence-electron chi connectivity index (χ0n) is 12.3. The fourth-order valence-corrected chi connectivity index (χ4v) is 2.60. The molecular formula is C17H19NO3. The Morgan fingerprint density at radius 1 is 1.10 bits per heavy atom. The Hall–Kier alpha value is -2.36. The van der Waals surface area contributed by atoms with E-state index in [2.05, 4.69) is 11.4 Å². The highest BCUT2D eigenvalue weighted by atomic mass is 16.5. The van der Waals surface area contributed by atoms with Crippen molar-refractivity contribution in [3.05, 3.63) is 48.0 Å². The maximum atomic E-state index is 5.69. The molecule has 1 aliphatic rings.